The molecule has 0 saturated heterocycles. The van der Waals surface area contributed by atoms with Crippen LogP contribution in [0.25, 0.3) is 53.6 Å². The van der Waals surface area contributed by atoms with Gasteiger partial charge in [0.15, 0.2) is 0 Å². The summed E-state index contributed by atoms with van der Waals surface area (Å²) in [6, 6.07) is 61.7. The second kappa shape index (κ2) is 12.3. The minimum atomic E-state index is 0.417. The fourth-order valence-electron chi connectivity index (χ4n) is 12.2. The zero-order valence-electron chi connectivity index (χ0n) is 31.0. The predicted molar refractivity (Wildman–Crippen MR) is 233 cm³/mol. The summed E-state index contributed by atoms with van der Waals surface area (Å²) in [4.78, 5) is 2.46. The number of rotatable bonds is 6. The number of thiophene rings is 1. The van der Waals surface area contributed by atoms with Crippen molar-refractivity contribution in [1.29, 1.82) is 0 Å². The van der Waals surface area contributed by atoms with Crippen molar-refractivity contribution in [2.45, 2.75) is 44.4 Å². The van der Waals surface area contributed by atoms with Gasteiger partial charge in [0.25, 0.3) is 0 Å². The van der Waals surface area contributed by atoms with Gasteiger partial charge in [-0.2, -0.15) is 0 Å². The lowest BCUT2D eigenvalue weighted by Crippen LogP contribution is -2.48. The molecule has 1 unspecified atom stereocenters. The summed E-state index contributed by atoms with van der Waals surface area (Å²) in [5, 5.41) is 2.65. The summed E-state index contributed by atoms with van der Waals surface area (Å²) < 4.78 is 2.64. The van der Waals surface area contributed by atoms with E-state index < -0.39 is 0 Å². The number of hydrogen-bond acceptors (Lipinski definition) is 2. The number of para-hydroxylation sites is 1. The number of nitrogens with zero attached hydrogens (tertiary/aromatic N) is 1. The first kappa shape index (κ1) is 31.9. The monoisotopic (exact) mass is 725 g/mol. The molecule has 0 N–H and O–H groups in total. The van der Waals surface area contributed by atoms with E-state index in [0.717, 1.165) is 23.4 Å². The van der Waals surface area contributed by atoms with Crippen LogP contribution in [0, 0.1) is 23.2 Å². The summed E-state index contributed by atoms with van der Waals surface area (Å²) in [5.74, 6) is 3.33. The maximum atomic E-state index is 2.59. The maximum absolute atomic E-state index is 2.59. The van der Waals surface area contributed by atoms with Gasteiger partial charge in [-0.3, -0.25) is 0 Å². The van der Waals surface area contributed by atoms with Crippen molar-refractivity contribution >= 4 is 48.6 Å². The first-order valence-corrected chi connectivity index (χ1v) is 21.2. The lowest BCUT2D eigenvalue weighted by atomic mass is 9.45. The summed E-state index contributed by atoms with van der Waals surface area (Å²) >= 11 is 1.88. The minimum absolute atomic E-state index is 0.417. The highest BCUT2D eigenvalue weighted by Gasteiger charge is 2.56. The summed E-state index contributed by atoms with van der Waals surface area (Å²) in [6.45, 7) is 0. The number of fused-ring (bicyclic) bond motifs is 6. The predicted octanol–water partition coefficient (Wildman–Crippen LogP) is 15.2. The van der Waals surface area contributed by atoms with E-state index in [-0.39, 0.29) is 0 Å². The standard InChI is InChI=1S/C53H43NS/c1-2-10-38(11-3-1)42-12-6-8-16-49(42)54(41-23-25-46-45-14-7-9-17-50(45)55-51(46)30-41)40-21-18-37(19-22-40)39-20-24-44-43-13-4-5-15-47(43)52(48(44)29-39)53-31-34-26-35(32-53)28-36(27-34)33-53/h1-25,29-30,34-36,52H,26-28,31-33H2. The average molecular weight is 726 g/mol. The van der Waals surface area contributed by atoms with Crippen molar-refractivity contribution in [2.24, 2.45) is 23.2 Å². The van der Waals surface area contributed by atoms with Gasteiger partial charge in [0.05, 0.1) is 5.69 Å². The molecule has 0 radical (unpaired) electrons. The average Bonchev–Trinajstić information content (AvgIpc) is 3.77. The largest absolute Gasteiger partial charge is 0.310 e. The zero-order valence-corrected chi connectivity index (χ0v) is 31.8. The molecule has 5 aliphatic carbocycles. The Bertz CT molecular complexity index is 2720. The molecular formula is C53H43NS. The lowest BCUT2D eigenvalue weighted by molar-refractivity contribution is -0.0612. The molecule has 13 rings (SSSR count). The Morgan fingerprint density at radius 3 is 1.85 bits per heavy atom. The molecule has 1 aromatic heterocycles. The van der Waals surface area contributed by atoms with Gasteiger partial charge in [-0.15, -0.1) is 11.3 Å². The quantitative estimate of drug-likeness (QED) is 0.165. The van der Waals surface area contributed by atoms with Gasteiger partial charge in [-0.05, 0) is 143 Å². The fourth-order valence-corrected chi connectivity index (χ4v) is 13.3. The number of hydrogen-bond donors (Lipinski definition) is 0. The van der Waals surface area contributed by atoms with E-state index in [1.54, 1.807) is 11.1 Å². The van der Waals surface area contributed by atoms with Crippen LogP contribution in [-0.4, -0.2) is 0 Å². The van der Waals surface area contributed by atoms with Crippen LogP contribution in [0.2, 0.25) is 0 Å². The van der Waals surface area contributed by atoms with Crippen LogP contribution < -0.4 is 4.90 Å². The van der Waals surface area contributed by atoms with Crippen LogP contribution in [0.1, 0.15) is 55.6 Å². The first-order valence-electron chi connectivity index (χ1n) is 20.4. The molecule has 0 spiro atoms. The maximum Gasteiger partial charge on any atom is 0.0540 e. The molecule has 0 amide bonds. The number of benzene rings is 7. The highest BCUT2D eigenvalue weighted by atomic mass is 32.1. The second-order valence-corrected chi connectivity index (χ2v) is 18.2. The summed E-state index contributed by atoms with van der Waals surface area (Å²) in [5.41, 5.74) is 15.1. The van der Waals surface area contributed by atoms with Gasteiger partial charge >= 0.3 is 0 Å². The molecule has 55 heavy (non-hydrogen) atoms. The Kier molecular flexibility index (Phi) is 7.12. The van der Waals surface area contributed by atoms with Crippen LogP contribution in [0.3, 0.4) is 0 Å². The molecule has 4 saturated carbocycles. The minimum Gasteiger partial charge on any atom is -0.310 e. The van der Waals surface area contributed by atoms with E-state index >= 15 is 0 Å². The van der Waals surface area contributed by atoms with Crippen molar-refractivity contribution in [1.82, 2.24) is 0 Å². The third kappa shape index (κ3) is 5.04. The Morgan fingerprint density at radius 1 is 0.436 bits per heavy atom. The van der Waals surface area contributed by atoms with Crippen molar-refractivity contribution in [3.8, 4) is 33.4 Å². The molecule has 4 bridgehead atoms. The van der Waals surface area contributed by atoms with Crippen LogP contribution in [-0.2, 0) is 0 Å². The van der Waals surface area contributed by atoms with Gasteiger partial charge in [0, 0.05) is 43.0 Å². The molecular weight excluding hydrogens is 683 g/mol. The van der Waals surface area contributed by atoms with Crippen molar-refractivity contribution in [2.75, 3.05) is 4.90 Å². The Balaban J connectivity index is 0.965. The molecule has 2 heteroatoms. The van der Waals surface area contributed by atoms with Gasteiger partial charge < -0.3 is 4.90 Å². The van der Waals surface area contributed by atoms with Crippen molar-refractivity contribution < 1.29 is 0 Å². The van der Waals surface area contributed by atoms with E-state index in [1.807, 2.05) is 11.3 Å². The van der Waals surface area contributed by atoms with Gasteiger partial charge in [0.1, 0.15) is 0 Å². The van der Waals surface area contributed by atoms with E-state index in [4.69, 9.17) is 0 Å². The van der Waals surface area contributed by atoms with Gasteiger partial charge in [0.2, 0.25) is 0 Å². The molecule has 7 aromatic carbocycles. The van der Waals surface area contributed by atoms with Crippen LogP contribution >= 0.6 is 11.3 Å². The molecule has 1 nitrogen and oxygen atoms in total. The molecule has 5 aliphatic rings. The molecule has 1 heterocycles. The fraction of sp³-hybridized carbons (Fsp3) is 0.208. The van der Waals surface area contributed by atoms with Crippen LogP contribution in [0.4, 0.5) is 17.1 Å². The molecule has 8 aromatic rings. The normalized spacial score (nSPS) is 23.3. The Labute approximate surface area is 327 Å². The Morgan fingerprint density at radius 2 is 1.05 bits per heavy atom. The van der Waals surface area contributed by atoms with Gasteiger partial charge in [-0.25, -0.2) is 0 Å². The first-order chi connectivity index (χ1) is 27.2. The van der Waals surface area contributed by atoms with E-state index in [0.29, 0.717) is 11.3 Å². The third-order valence-electron chi connectivity index (χ3n) is 13.9. The third-order valence-corrected chi connectivity index (χ3v) is 15.1. The zero-order chi connectivity index (χ0) is 36.1. The van der Waals surface area contributed by atoms with Crippen LogP contribution in [0.15, 0.2) is 164 Å². The van der Waals surface area contributed by atoms with Gasteiger partial charge in [-0.1, -0.05) is 121 Å². The van der Waals surface area contributed by atoms with E-state index in [9.17, 15) is 0 Å². The lowest BCUT2D eigenvalue weighted by Gasteiger charge is -2.59. The van der Waals surface area contributed by atoms with E-state index in [1.165, 1.54) is 103 Å². The number of anilines is 3. The van der Waals surface area contributed by atoms with Crippen molar-refractivity contribution in [3.63, 3.8) is 0 Å². The highest BCUT2D eigenvalue weighted by molar-refractivity contribution is 7.25. The topological polar surface area (TPSA) is 3.24 Å². The second-order valence-electron chi connectivity index (χ2n) is 17.1. The molecule has 266 valence electrons. The highest BCUT2D eigenvalue weighted by Crippen LogP contribution is 2.68. The van der Waals surface area contributed by atoms with E-state index in [2.05, 4.69) is 169 Å². The van der Waals surface area contributed by atoms with Crippen molar-refractivity contribution in [3.05, 3.63) is 175 Å². The van der Waals surface area contributed by atoms with Crippen LogP contribution in [0.5, 0.6) is 0 Å². The molecule has 0 aliphatic heterocycles. The summed E-state index contributed by atoms with van der Waals surface area (Å²) in [6.07, 6.45) is 8.71. The summed E-state index contributed by atoms with van der Waals surface area (Å²) in [7, 11) is 0. The smallest absolute Gasteiger partial charge is 0.0540 e. The molecule has 4 fully saturated rings. The Hall–Kier alpha value is -5.44. The SMILES string of the molecule is c1ccc(-c2ccccc2N(c2ccc(-c3ccc4c(c3)C(C35CC6CC(CC(C6)C3)C5)c3ccccc3-4)cc2)c2ccc3c(c2)sc2ccccc23)cc1. The molecule has 1 atom stereocenters.